The van der Waals surface area contributed by atoms with Crippen LogP contribution in [0.1, 0.15) is 12.0 Å². The summed E-state index contributed by atoms with van der Waals surface area (Å²) in [7, 11) is 1.51. The second-order valence-electron chi connectivity index (χ2n) is 4.49. The number of nitrogens with zero attached hydrogens (tertiary/aromatic N) is 1. The molecule has 0 saturated carbocycles. The van der Waals surface area contributed by atoms with E-state index in [9.17, 15) is 14.4 Å². The van der Waals surface area contributed by atoms with Crippen molar-refractivity contribution in [2.24, 2.45) is 5.73 Å². The SMILES string of the molecule is CN(Cc1ccc(Cl)cc1)C(=O)N[C@@H](CC(N)=O)C(=O)O. The topological polar surface area (TPSA) is 113 Å². The molecule has 0 saturated heterocycles. The number of amides is 3. The molecule has 0 bridgehead atoms. The van der Waals surface area contributed by atoms with Gasteiger partial charge in [0.05, 0.1) is 6.42 Å². The van der Waals surface area contributed by atoms with Crippen LogP contribution in [0.2, 0.25) is 5.02 Å². The van der Waals surface area contributed by atoms with Crippen LogP contribution in [0.3, 0.4) is 0 Å². The summed E-state index contributed by atoms with van der Waals surface area (Å²) in [5.41, 5.74) is 5.77. The largest absolute Gasteiger partial charge is 0.480 e. The van der Waals surface area contributed by atoms with Crippen LogP contribution in [0.15, 0.2) is 24.3 Å². The van der Waals surface area contributed by atoms with Gasteiger partial charge in [-0.15, -0.1) is 0 Å². The summed E-state index contributed by atoms with van der Waals surface area (Å²) in [5.74, 6) is -2.12. The Morgan fingerprint density at radius 3 is 2.38 bits per heavy atom. The van der Waals surface area contributed by atoms with Crippen molar-refractivity contribution in [3.05, 3.63) is 34.9 Å². The van der Waals surface area contributed by atoms with Crippen LogP contribution < -0.4 is 11.1 Å². The molecule has 0 unspecified atom stereocenters. The summed E-state index contributed by atoms with van der Waals surface area (Å²) in [5, 5.41) is 11.7. The number of carboxylic acids is 1. The molecule has 0 fully saturated rings. The van der Waals surface area contributed by atoms with Gasteiger partial charge in [-0.1, -0.05) is 23.7 Å². The van der Waals surface area contributed by atoms with Gasteiger partial charge in [-0.2, -0.15) is 0 Å². The minimum Gasteiger partial charge on any atom is -0.480 e. The van der Waals surface area contributed by atoms with Gasteiger partial charge in [0.25, 0.3) is 0 Å². The molecule has 0 radical (unpaired) electrons. The van der Waals surface area contributed by atoms with Crippen molar-refractivity contribution in [2.45, 2.75) is 19.0 Å². The first-order valence-electron chi connectivity index (χ1n) is 6.06. The minimum atomic E-state index is -1.34. The first-order valence-corrected chi connectivity index (χ1v) is 6.44. The van der Waals surface area contributed by atoms with Gasteiger partial charge in [0.2, 0.25) is 5.91 Å². The molecule has 3 amide bonds. The van der Waals surface area contributed by atoms with Crippen LogP contribution in [0.5, 0.6) is 0 Å². The van der Waals surface area contributed by atoms with Crippen molar-refractivity contribution in [3.63, 3.8) is 0 Å². The summed E-state index contributed by atoms with van der Waals surface area (Å²) in [6.45, 7) is 0.270. The molecule has 0 aliphatic carbocycles. The second-order valence-corrected chi connectivity index (χ2v) is 4.93. The predicted octanol–water partition coefficient (Wildman–Crippen LogP) is 0.810. The van der Waals surface area contributed by atoms with E-state index < -0.39 is 30.4 Å². The van der Waals surface area contributed by atoms with Gasteiger partial charge in [-0.05, 0) is 17.7 Å². The molecule has 7 nitrogen and oxygen atoms in total. The highest BCUT2D eigenvalue weighted by molar-refractivity contribution is 6.30. The van der Waals surface area contributed by atoms with Gasteiger partial charge in [-0.25, -0.2) is 9.59 Å². The van der Waals surface area contributed by atoms with Crippen molar-refractivity contribution in [2.75, 3.05) is 7.05 Å². The quantitative estimate of drug-likeness (QED) is 0.721. The van der Waals surface area contributed by atoms with Crippen molar-refractivity contribution in [1.82, 2.24) is 10.2 Å². The van der Waals surface area contributed by atoms with E-state index in [1.165, 1.54) is 11.9 Å². The first kappa shape index (κ1) is 16.8. The molecule has 0 aromatic heterocycles. The average molecular weight is 314 g/mol. The number of primary amides is 1. The summed E-state index contributed by atoms with van der Waals surface area (Å²) in [4.78, 5) is 34.9. The van der Waals surface area contributed by atoms with E-state index >= 15 is 0 Å². The zero-order chi connectivity index (χ0) is 16.0. The van der Waals surface area contributed by atoms with Gasteiger partial charge in [0.15, 0.2) is 0 Å². The Morgan fingerprint density at radius 1 is 1.33 bits per heavy atom. The molecule has 1 aromatic carbocycles. The Bertz CT molecular complexity index is 533. The monoisotopic (exact) mass is 313 g/mol. The number of benzene rings is 1. The molecule has 0 heterocycles. The third kappa shape index (κ3) is 5.70. The fourth-order valence-corrected chi connectivity index (χ4v) is 1.72. The summed E-state index contributed by atoms with van der Waals surface area (Å²) >= 11 is 5.76. The average Bonchev–Trinajstić information content (AvgIpc) is 2.39. The fraction of sp³-hybridized carbons (Fsp3) is 0.308. The first-order chi connectivity index (χ1) is 9.79. The number of halogens is 1. The highest BCUT2D eigenvalue weighted by Crippen LogP contribution is 2.11. The third-order valence-corrected chi connectivity index (χ3v) is 2.93. The normalized spacial score (nSPS) is 11.5. The van der Waals surface area contributed by atoms with Gasteiger partial charge >= 0.3 is 12.0 Å². The standard InChI is InChI=1S/C13H16ClN3O4/c1-17(7-8-2-4-9(14)5-3-8)13(21)16-10(12(19)20)6-11(15)18/h2-5,10H,6-7H2,1H3,(H2,15,18)(H,16,21)(H,19,20)/t10-/m0/s1. The lowest BCUT2D eigenvalue weighted by molar-refractivity contribution is -0.140. The molecule has 1 rings (SSSR count). The zero-order valence-electron chi connectivity index (χ0n) is 11.4. The van der Waals surface area contributed by atoms with Crippen LogP contribution in [0.4, 0.5) is 4.79 Å². The summed E-state index contributed by atoms with van der Waals surface area (Å²) in [6.07, 6.45) is -0.462. The van der Waals surface area contributed by atoms with Crippen molar-refractivity contribution >= 4 is 29.5 Å². The molecule has 0 spiro atoms. The Kier molecular flexibility index (Phi) is 5.98. The number of carbonyl (C=O) groups is 3. The van der Waals surface area contributed by atoms with Crippen LogP contribution >= 0.6 is 11.6 Å². The molecule has 8 heteroatoms. The minimum absolute atomic E-state index is 0.270. The van der Waals surface area contributed by atoms with Crippen LogP contribution in [-0.2, 0) is 16.1 Å². The lowest BCUT2D eigenvalue weighted by Gasteiger charge is -2.21. The predicted molar refractivity (Wildman–Crippen MR) is 76.7 cm³/mol. The molecule has 1 aromatic rings. The zero-order valence-corrected chi connectivity index (χ0v) is 12.1. The molecule has 4 N–H and O–H groups in total. The lowest BCUT2D eigenvalue weighted by Crippen LogP contribution is -2.48. The third-order valence-electron chi connectivity index (χ3n) is 2.68. The van der Waals surface area contributed by atoms with E-state index in [1.807, 2.05) is 0 Å². The Balaban J connectivity index is 2.62. The Hall–Kier alpha value is -2.28. The Morgan fingerprint density at radius 2 is 1.90 bits per heavy atom. The van der Waals surface area contributed by atoms with E-state index in [2.05, 4.69) is 5.32 Å². The number of rotatable bonds is 6. The van der Waals surface area contributed by atoms with E-state index in [1.54, 1.807) is 24.3 Å². The van der Waals surface area contributed by atoms with Gasteiger partial charge < -0.3 is 21.1 Å². The molecule has 0 aliphatic rings. The number of carbonyl (C=O) groups excluding carboxylic acids is 2. The van der Waals surface area contributed by atoms with Gasteiger partial charge in [0.1, 0.15) is 6.04 Å². The Labute approximate surface area is 126 Å². The molecule has 114 valence electrons. The number of hydrogen-bond donors (Lipinski definition) is 3. The van der Waals surface area contributed by atoms with Crippen LogP contribution in [0, 0.1) is 0 Å². The smallest absolute Gasteiger partial charge is 0.326 e. The number of nitrogens with one attached hydrogen (secondary N) is 1. The number of hydrogen-bond acceptors (Lipinski definition) is 3. The number of aliphatic carboxylic acids is 1. The lowest BCUT2D eigenvalue weighted by atomic mass is 10.2. The van der Waals surface area contributed by atoms with Gasteiger partial charge in [-0.3, -0.25) is 4.79 Å². The van der Waals surface area contributed by atoms with Crippen molar-refractivity contribution < 1.29 is 19.5 Å². The number of urea groups is 1. The maximum Gasteiger partial charge on any atom is 0.326 e. The van der Waals surface area contributed by atoms with E-state index in [-0.39, 0.29) is 6.54 Å². The summed E-state index contributed by atoms with van der Waals surface area (Å²) in [6, 6.07) is 4.93. The molecular weight excluding hydrogens is 298 g/mol. The van der Waals surface area contributed by atoms with Crippen molar-refractivity contribution in [3.8, 4) is 0 Å². The molecular formula is C13H16ClN3O4. The number of carboxylic acid groups (broad SMARTS) is 1. The molecule has 21 heavy (non-hydrogen) atoms. The van der Waals surface area contributed by atoms with E-state index in [0.717, 1.165) is 5.56 Å². The highest BCUT2D eigenvalue weighted by Gasteiger charge is 2.23. The summed E-state index contributed by atoms with van der Waals surface area (Å²) < 4.78 is 0. The van der Waals surface area contributed by atoms with Gasteiger partial charge in [0, 0.05) is 18.6 Å². The van der Waals surface area contributed by atoms with Crippen LogP contribution in [0.25, 0.3) is 0 Å². The molecule has 1 atom stereocenters. The number of nitrogens with two attached hydrogens (primary N) is 1. The van der Waals surface area contributed by atoms with E-state index in [4.69, 9.17) is 22.4 Å². The van der Waals surface area contributed by atoms with Crippen molar-refractivity contribution in [1.29, 1.82) is 0 Å². The fourth-order valence-electron chi connectivity index (χ4n) is 1.60. The maximum atomic E-state index is 11.9. The second kappa shape index (κ2) is 7.49. The van der Waals surface area contributed by atoms with E-state index in [0.29, 0.717) is 5.02 Å². The highest BCUT2D eigenvalue weighted by atomic mass is 35.5. The maximum absolute atomic E-state index is 11.9. The van der Waals surface area contributed by atoms with Crippen LogP contribution in [-0.4, -0.2) is 41.0 Å². The molecule has 0 aliphatic heterocycles.